The summed E-state index contributed by atoms with van der Waals surface area (Å²) in [5, 5.41) is 24.1. The summed E-state index contributed by atoms with van der Waals surface area (Å²) >= 11 is 5.84. The zero-order valence-corrected chi connectivity index (χ0v) is 15.5. The van der Waals surface area contributed by atoms with Crippen LogP contribution < -0.4 is 10.6 Å². The van der Waals surface area contributed by atoms with Gasteiger partial charge in [0.25, 0.3) is 0 Å². The quantitative estimate of drug-likeness (QED) is 0.410. The highest BCUT2D eigenvalue weighted by molar-refractivity contribution is 6.30. The van der Waals surface area contributed by atoms with E-state index in [4.69, 9.17) is 28.1 Å². The Bertz CT molecular complexity index is 1510. The van der Waals surface area contributed by atoms with Crippen LogP contribution in [0.1, 0.15) is 38.5 Å². The number of aliphatic hydroxyl groups is 1. The molecule has 1 atom stereocenters. The number of benzene rings is 3. The summed E-state index contributed by atoms with van der Waals surface area (Å²) in [7, 11) is 0. The smallest absolute Gasteiger partial charge is 0.335 e. The second-order valence-electron chi connectivity index (χ2n) is 5.57. The van der Waals surface area contributed by atoms with Crippen molar-refractivity contribution in [2.75, 3.05) is 24.9 Å². The van der Waals surface area contributed by atoms with Crippen molar-refractivity contribution in [3.63, 3.8) is 0 Å². The Labute approximate surface area is 191 Å². The number of anilines is 1. The SMILES string of the molecule is [2H]c1c([2H])c(C(=O)O)c([2H])c(-c2cccc(NC([2H])([2H])CNC([2H])([2H])[C@H](O)c3c([2H])c([2H])c([2H])c(Cl)c3[2H])c2)c1[2H]. The van der Waals surface area contributed by atoms with Crippen molar-refractivity contribution in [3.8, 4) is 11.1 Å². The van der Waals surface area contributed by atoms with E-state index in [2.05, 4.69) is 10.6 Å². The van der Waals surface area contributed by atoms with E-state index in [1.54, 1.807) is 0 Å². The van der Waals surface area contributed by atoms with Gasteiger partial charge in [-0.05, 0) is 53.0 Å². The van der Waals surface area contributed by atoms with Crippen LogP contribution >= 0.6 is 11.6 Å². The zero-order valence-electron chi connectivity index (χ0n) is 26.8. The lowest BCUT2D eigenvalue weighted by Crippen LogP contribution is -2.26. The van der Waals surface area contributed by atoms with Crippen LogP contribution in [0.3, 0.4) is 0 Å². The molecule has 4 N–H and O–H groups in total. The minimum atomic E-state index is -2.84. The van der Waals surface area contributed by atoms with Crippen molar-refractivity contribution in [3.05, 3.63) is 88.8 Å². The lowest BCUT2D eigenvalue weighted by Gasteiger charge is -2.13. The van der Waals surface area contributed by atoms with Gasteiger partial charge in [0.1, 0.15) is 0 Å². The van der Waals surface area contributed by atoms with Crippen LogP contribution in [0.2, 0.25) is 5.02 Å². The van der Waals surface area contributed by atoms with Crippen molar-refractivity contribution in [2.24, 2.45) is 0 Å². The van der Waals surface area contributed by atoms with Crippen molar-refractivity contribution in [1.82, 2.24) is 5.32 Å². The monoisotopic (exact) mass is 422 g/mol. The number of carboxylic acids is 1. The number of carboxylic acid groups (broad SMARTS) is 1. The van der Waals surface area contributed by atoms with Gasteiger partial charge in [-0.1, -0.05) is 47.9 Å². The molecule has 0 unspecified atom stereocenters. The molecule has 0 radical (unpaired) electrons. The molecule has 29 heavy (non-hydrogen) atoms. The van der Waals surface area contributed by atoms with Gasteiger partial charge in [-0.2, -0.15) is 0 Å². The van der Waals surface area contributed by atoms with E-state index in [1.165, 1.54) is 24.3 Å². The predicted octanol–water partition coefficient (Wildman–Crippen LogP) is 4.44. The average Bonchev–Trinajstić information content (AvgIpc) is 2.88. The van der Waals surface area contributed by atoms with E-state index in [0.717, 1.165) is 0 Å². The summed E-state index contributed by atoms with van der Waals surface area (Å²) in [6.07, 6.45) is -2.24. The summed E-state index contributed by atoms with van der Waals surface area (Å²) in [6, 6.07) is -0.0515. The Hall–Kier alpha value is -2.86. The maximum Gasteiger partial charge on any atom is 0.335 e. The Balaban J connectivity index is 1.87. The molecule has 0 aliphatic heterocycles. The van der Waals surface area contributed by atoms with Gasteiger partial charge in [0.15, 0.2) is 0 Å². The van der Waals surface area contributed by atoms with Gasteiger partial charge < -0.3 is 20.8 Å². The summed E-state index contributed by atoms with van der Waals surface area (Å²) in [5.74, 6) is -1.62. The fourth-order valence-corrected chi connectivity index (χ4v) is 2.38. The maximum absolute atomic E-state index is 11.6. The van der Waals surface area contributed by atoms with Gasteiger partial charge in [0.2, 0.25) is 0 Å². The maximum atomic E-state index is 11.6. The summed E-state index contributed by atoms with van der Waals surface area (Å²) in [5.41, 5.74) is -1.52. The van der Waals surface area contributed by atoms with Crippen molar-refractivity contribution < 1.29 is 31.5 Å². The number of aromatic carboxylic acids is 1. The first-order valence-corrected chi connectivity index (χ1v) is 8.61. The number of halogens is 1. The fraction of sp³-hybridized carbons (Fsp3) is 0.174. The average molecular weight is 423 g/mol. The largest absolute Gasteiger partial charge is 0.478 e. The van der Waals surface area contributed by atoms with E-state index in [0.29, 0.717) is 0 Å². The first-order valence-electron chi connectivity index (χ1n) is 14.2. The fourth-order valence-electron chi connectivity index (χ4n) is 2.23. The number of hydrogen-bond donors (Lipinski definition) is 4. The first kappa shape index (κ1) is 10.3. The van der Waals surface area contributed by atoms with Crippen LogP contribution in [0, 0.1) is 0 Å². The molecule has 0 heterocycles. The van der Waals surface area contributed by atoms with Gasteiger partial charge in [0, 0.05) is 33.0 Å². The molecule has 3 rings (SSSR count). The molecule has 5 nitrogen and oxygen atoms in total. The molecule has 0 saturated heterocycles. The normalized spacial score (nSPS) is 18.7. The van der Waals surface area contributed by atoms with Crippen LogP contribution in [-0.2, 0) is 0 Å². The second-order valence-corrected chi connectivity index (χ2v) is 5.94. The minimum Gasteiger partial charge on any atom is -0.478 e. The Morgan fingerprint density at radius 2 is 2.00 bits per heavy atom. The molecule has 0 aliphatic rings. The molecule has 0 aromatic heterocycles. The number of carbonyl (C=O) groups is 1. The highest BCUT2D eigenvalue weighted by Crippen LogP contribution is 2.23. The van der Waals surface area contributed by atoms with E-state index in [-0.39, 0.29) is 16.8 Å². The molecule has 0 saturated carbocycles. The van der Waals surface area contributed by atoms with Gasteiger partial charge in [-0.25, -0.2) is 4.79 Å². The van der Waals surface area contributed by atoms with Crippen LogP contribution in [0.5, 0.6) is 0 Å². The first-order chi connectivity index (χ1) is 18.8. The minimum absolute atomic E-state index is 0.0612. The zero-order chi connectivity index (χ0) is 31.2. The van der Waals surface area contributed by atoms with E-state index >= 15 is 0 Å². The predicted molar refractivity (Wildman–Crippen MR) is 117 cm³/mol. The Morgan fingerprint density at radius 1 is 1.17 bits per heavy atom. The van der Waals surface area contributed by atoms with E-state index in [1.807, 2.05) is 0 Å². The Morgan fingerprint density at radius 3 is 2.83 bits per heavy atom. The molecule has 0 spiro atoms. The topological polar surface area (TPSA) is 81.6 Å². The van der Waals surface area contributed by atoms with E-state index in [9.17, 15) is 15.0 Å². The molecule has 3 aromatic rings. The molecule has 3 aromatic carbocycles. The number of rotatable bonds is 9. The number of hydrogen-bond acceptors (Lipinski definition) is 4. The van der Waals surface area contributed by atoms with Crippen LogP contribution in [-0.4, -0.2) is 35.7 Å². The van der Waals surface area contributed by atoms with Gasteiger partial charge in [-0.15, -0.1) is 0 Å². The van der Waals surface area contributed by atoms with Crippen LogP contribution in [0.15, 0.2) is 72.6 Å². The van der Waals surface area contributed by atoms with Crippen molar-refractivity contribution in [2.45, 2.75) is 6.10 Å². The number of aliphatic hydroxyl groups excluding tert-OH is 1. The lowest BCUT2D eigenvalue weighted by atomic mass is 10.0. The highest BCUT2D eigenvalue weighted by Gasteiger charge is 2.07. The van der Waals surface area contributed by atoms with E-state index < -0.39 is 96.1 Å². The van der Waals surface area contributed by atoms with Crippen molar-refractivity contribution >= 4 is 23.3 Å². The van der Waals surface area contributed by atoms with Crippen molar-refractivity contribution in [1.29, 1.82) is 0 Å². The molecule has 0 aliphatic carbocycles. The third kappa shape index (κ3) is 6.06. The highest BCUT2D eigenvalue weighted by atomic mass is 35.5. The second kappa shape index (κ2) is 10.1. The molecular formula is C23H23ClN2O3. The summed E-state index contributed by atoms with van der Waals surface area (Å²) in [6.45, 7) is -6.05. The third-order valence-corrected chi connectivity index (χ3v) is 3.71. The van der Waals surface area contributed by atoms with Gasteiger partial charge in [-0.3, -0.25) is 0 Å². The third-order valence-electron chi connectivity index (χ3n) is 3.53. The summed E-state index contributed by atoms with van der Waals surface area (Å²) < 4.78 is 96.4. The molecule has 0 bridgehead atoms. The molecular weight excluding hydrogens is 388 g/mol. The lowest BCUT2D eigenvalue weighted by molar-refractivity contribution is 0.0697. The molecule has 0 fully saturated rings. The van der Waals surface area contributed by atoms with Gasteiger partial charge >= 0.3 is 5.97 Å². The van der Waals surface area contributed by atoms with Gasteiger partial charge in [0.05, 0.1) is 25.4 Å². The number of nitrogens with one attached hydrogen (secondary N) is 2. The van der Waals surface area contributed by atoms with Crippen LogP contribution in [0.25, 0.3) is 11.1 Å². The standard InChI is InChI=1S/C23H23ClN2O3/c24-20-8-2-6-18(13-20)22(27)15-25-10-11-26-21-9-3-5-17(14-21)16-4-1-7-19(12-16)23(28)29/h1-9,12-14,22,25-27H,10-11,15H2,(H,28,29)/t22-/m0/s1/i1D,2D,4D,6D,7D,8D,11D2,12D,13D,15D2. The molecule has 150 valence electrons. The molecule has 6 heteroatoms. The summed E-state index contributed by atoms with van der Waals surface area (Å²) in [4.78, 5) is 11.6. The molecule has 0 amide bonds. The van der Waals surface area contributed by atoms with Crippen LogP contribution in [0.4, 0.5) is 5.69 Å². The Kier molecular flexibility index (Phi) is 3.56.